The standard InChI is InChI=1S/C15H23N3O3/c1-20-9-10-21-12-15(19)17-14-6-5-13(11-16-14)18-7-3-2-4-8-18/h5-6,11H,2-4,7-10,12H2,1H3,(H,16,17,19). The fraction of sp³-hybridized carbons (Fsp3) is 0.600. The van der Waals surface area contributed by atoms with Crippen LogP contribution in [-0.4, -0.2) is 50.9 Å². The van der Waals surface area contributed by atoms with Crippen LogP contribution in [0.25, 0.3) is 0 Å². The number of piperidine rings is 1. The molecular weight excluding hydrogens is 270 g/mol. The number of carbonyl (C=O) groups is 1. The second-order valence-electron chi connectivity index (χ2n) is 5.04. The molecule has 1 N–H and O–H groups in total. The predicted octanol–water partition coefficient (Wildman–Crippen LogP) is 1.67. The molecule has 0 aromatic carbocycles. The third-order valence-electron chi connectivity index (χ3n) is 3.40. The van der Waals surface area contributed by atoms with E-state index in [1.807, 2.05) is 18.3 Å². The molecular formula is C15H23N3O3. The molecule has 0 spiro atoms. The lowest BCUT2D eigenvalue weighted by molar-refractivity contribution is -0.121. The number of hydrogen-bond donors (Lipinski definition) is 1. The van der Waals surface area contributed by atoms with E-state index in [9.17, 15) is 4.79 Å². The van der Waals surface area contributed by atoms with Gasteiger partial charge in [-0.3, -0.25) is 4.79 Å². The van der Waals surface area contributed by atoms with Crippen molar-refractivity contribution in [3.8, 4) is 0 Å². The molecule has 0 atom stereocenters. The minimum Gasteiger partial charge on any atom is -0.382 e. The summed E-state index contributed by atoms with van der Waals surface area (Å²) in [5.74, 6) is 0.348. The van der Waals surface area contributed by atoms with Gasteiger partial charge in [0.05, 0.1) is 25.1 Å². The zero-order valence-corrected chi connectivity index (χ0v) is 12.5. The second-order valence-corrected chi connectivity index (χ2v) is 5.04. The van der Waals surface area contributed by atoms with Crippen molar-refractivity contribution < 1.29 is 14.3 Å². The molecule has 0 saturated carbocycles. The van der Waals surface area contributed by atoms with Crippen LogP contribution in [0.2, 0.25) is 0 Å². The molecule has 0 radical (unpaired) electrons. The molecule has 1 fully saturated rings. The third-order valence-corrected chi connectivity index (χ3v) is 3.40. The monoisotopic (exact) mass is 293 g/mol. The van der Waals surface area contributed by atoms with E-state index in [1.165, 1.54) is 19.3 Å². The summed E-state index contributed by atoms with van der Waals surface area (Å²) in [6, 6.07) is 3.83. The molecule has 1 aliphatic heterocycles. The number of anilines is 2. The zero-order chi connectivity index (χ0) is 14.9. The van der Waals surface area contributed by atoms with Crippen molar-refractivity contribution in [2.75, 3.05) is 50.2 Å². The fourth-order valence-corrected chi connectivity index (χ4v) is 2.29. The maximum atomic E-state index is 11.6. The third kappa shape index (κ3) is 5.32. The van der Waals surface area contributed by atoms with E-state index < -0.39 is 0 Å². The Morgan fingerprint density at radius 1 is 1.29 bits per heavy atom. The summed E-state index contributed by atoms with van der Waals surface area (Å²) in [5.41, 5.74) is 1.11. The number of amides is 1. The van der Waals surface area contributed by atoms with Crippen molar-refractivity contribution in [2.24, 2.45) is 0 Å². The Morgan fingerprint density at radius 3 is 2.76 bits per heavy atom. The normalized spacial score (nSPS) is 15.0. The molecule has 21 heavy (non-hydrogen) atoms. The van der Waals surface area contributed by atoms with E-state index in [2.05, 4.69) is 15.2 Å². The minimum absolute atomic E-state index is 0.0128. The first-order chi connectivity index (χ1) is 10.3. The number of nitrogens with one attached hydrogen (secondary N) is 1. The van der Waals surface area contributed by atoms with Gasteiger partial charge in [-0.05, 0) is 31.4 Å². The maximum absolute atomic E-state index is 11.6. The number of aromatic nitrogens is 1. The van der Waals surface area contributed by atoms with E-state index >= 15 is 0 Å². The van der Waals surface area contributed by atoms with Crippen LogP contribution in [0.4, 0.5) is 11.5 Å². The molecule has 1 aromatic rings. The number of methoxy groups -OCH3 is 1. The Bertz CT molecular complexity index is 430. The summed E-state index contributed by atoms with van der Waals surface area (Å²) in [6.45, 7) is 3.07. The van der Waals surface area contributed by atoms with Crippen LogP contribution in [0.1, 0.15) is 19.3 Å². The Kier molecular flexibility index (Phi) is 6.43. The molecule has 1 saturated heterocycles. The van der Waals surface area contributed by atoms with Crippen LogP contribution in [0.15, 0.2) is 18.3 Å². The van der Waals surface area contributed by atoms with Gasteiger partial charge in [-0.15, -0.1) is 0 Å². The SMILES string of the molecule is COCCOCC(=O)Nc1ccc(N2CCCCC2)cn1. The van der Waals surface area contributed by atoms with Crippen LogP contribution in [0.5, 0.6) is 0 Å². The Hall–Kier alpha value is -1.66. The van der Waals surface area contributed by atoms with E-state index in [0.29, 0.717) is 19.0 Å². The first kappa shape index (κ1) is 15.7. The topological polar surface area (TPSA) is 63.7 Å². The minimum atomic E-state index is -0.204. The van der Waals surface area contributed by atoms with Crippen molar-refractivity contribution in [3.05, 3.63) is 18.3 Å². The van der Waals surface area contributed by atoms with Gasteiger partial charge in [0.25, 0.3) is 5.91 Å². The molecule has 1 amide bonds. The lowest BCUT2D eigenvalue weighted by Gasteiger charge is -2.28. The number of ether oxygens (including phenoxy) is 2. The van der Waals surface area contributed by atoms with E-state index in [1.54, 1.807) is 7.11 Å². The van der Waals surface area contributed by atoms with Gasteiger partial charge in [-0.25, -0.2) is 4.98 Å². The van der Waals surface area contributed by atoms with Gasteiger partial charge in [0, 0.05) is 20.2 Å². The predicted molar refractivity (Wildman–Crippen MR) is 81.6 cm³/mol. The van der Waals surface area contributed by atoms with E-state index in [0.717, 1.165) is 18.8 Å². The number of hydrogen-bond acceptors (Lipinski definition) is 5. The smallest absolute Gasteiger partial charge is 0.251 e. The van der Waals surface area contributed by atoms with Crippen molar-refractivity contribution in [1.29, 1.82) is 0 Å². The van der Waals surface area contributed by atoms with Gasteiger partial charge in [-0.1, -0.05) is 0 Å². The summed E-state index contributed by atoms with van der Waals surface area (Å²) in [7, 11) is 1.59. The summed E-state index contributed by atoms with van der Waals surface area (Å²) >= 11 is 0. The molecule has 0 aliphatic carbocycles. The van der Waals surface area contributed by atoms with Crippen molar-refractivity contribution >= 4 is 17.4 Å². The first-order valence-corrected chi connectivity index (χ1v) is 7.37. The van der Waals surface area contributed by atoms with Gasteiger partial charge < -0.3 is 19.7 Å². The largest absolute Gasteiger partial charge is 0.382 e. The molecule has 1 aromatic heterocycles. The quantitative estimate of drug-likeness (QED) is 0.775. The highest BCUT2D eigenvalue weighted by molar-refractivity contribution is 5.90. The number of carbonyl (C=O) groups excluding carboxylic acids is 1. The van der Waals surface area contributed by atoms with Gasteiger partial charge in [0.15, 0.2) is 0 Å². The molecule has 6 heteroatoms. The fourth-order valence-electron chi connectivity index (χ4n) is 2.29. The molecule has 0 unspecified atom stereocenters. The van der Waals surface area contributed by atoms with Gasteiger partial charge >= 0.3 is 0 Å². The van der Waals surface area contributed by atoms with Crippen LogP contribution >= 0.6 is 0 Å². The highest BCUT2D eigenvalue weighted by Crippen LogP contribution is 2.19. The molecule has 116 valence electrons. The maximum Gasteiger partial charge on any atom is 0.251 e. The second kappa shape index (κ2) is 8.59. The lowest BCUT2D eigenvalue weighted by atomic mass is 10.1. The average Bonchev–Trinajstić information content (AvgIpc) is 2.53. The molecule has 0 bridgehead atoms. The van der Waals surface area contributed by atoms with E-state index in [4.69, 9.17) is 9.47 Å². The summed E-state index contributed by atoms with van der Waals surface area (Å²) in [6.07, 6.45) is 5.59. The summed E-state index contributed by atoms with van der Waals surface area (Å²) in [5, 5.41) is 2.71. The Labute approximate surface area is 125 Å². The van der Waals surface area contributed by atoms with Gasteiger partial charge in [-0.2, -0.15) is 0 Å². The zero-order valence-electron chi connectivity index (χ0n) is 12.5. The molecule has 6 nitrogen and oxygen atoms in total. The highest BCUT2D eigenvalue weighted by Gasteiger charge is 2.11. The summed E-state index contributed by atoms with van der Waals surface area (Å²) < 4.78 is 9.99. The van der Waals surface area contributed by atoms with Crippen molar-refractivity contribution in [3.63, 3.8) is 0 Å². The van der Waals surface area contributed by atoms with Crippen LogP contribution in [0.3, 0.4) is 0 Å². The highest BCUT2D eigenvalue weighted by atomic mass is 16.5. The van der Waals surface area contributed by atoms with Gasteiger partial charge in [0.2, 0.25) is 0 Å². The van der Waals surface area contributed by atoms with Crippen LogP contribution < -0.4 is 10.2 Å². The van der Waals surface area contributed by atoms with Crippen molar-refractivity contribution in [2.45, 2.75) is 19.3 Å². The van der Waals surface area contributed by atoms with Crippen LogP contribution in [-0.2, 0) is 14.3 Å². The number of rotatable bonds is 7. The molecule has 1 aliphatic rings. The Balaban J connectivity index is 1.77. The van der Waals surface area contributed by atoms with Crippen molar-refractivity contribution in [1.82, 2.24) is 4.98 Å². The average molecular weight is 293 g/mol. The summed E-state index contributed by atoms with van der Waals surface area (Å²) in [4.78, 5) is 18.2. The van der Waals surface area contributed by atoms with Crippen LogP contribution in [0, 0.1) is 0 Å². The molecule has 2 heterocycles. The molecule has 2 rings (SSSR count). The lowest BCUT2D eigenvalue weighted by Crippen LogP contribution is -2.29. The van der Waals surface area contributed by atoms with E-state index in [-0.39, 0.29) is 12.5 Å². The Morgan fingerprint density at radius 2 is 2.10 bits per heavy atom. The number of nitrogens with zero attached hydrogens (tertiary/aromatic N) is 2. The first-order valence-electron chi connectivity index (χ1n) is 7.37. The van der Waals surface area contributed by atoms with Gasteiger partial charge in [0.1, 0.15) is 12.4 Å². The number of pyridine rings is 1.